The topological polar surface area (TPSA) is 75.3 Å². The number of nitrogens with one attached hydrogen (secondary N) is 1. The lowest BCUT2D eigenvalue weighted by molar-refractivity contribution is -0.00203. The lowest BCUT2D eigenvalue weighted by Gasteiger charge is -2.35. The van der Waals surface area contributed by atoms with Gasteiger partial charge in [-0.2, -0.15) is 0 Å². The van der Waals surface area contributed by atoms with Gasteiger partial charge in [-0.3, -0.25) is 9.59 Å². The molecule has 0 bridgehead atoms. The maximum Gasteiger partial charge on any atom is 0.280 e. The molecule has 1 amide bonds. The van der Waals surface area contributed by atoms with Crippen LogP contribution in [-0.4, -0.2) is 46.6 Å². The standard InChI is InChI=1S/C20H19N3O3/c24-19-18(21-16-8-4-5-9-17(16)22-19)20(25)23-10-11-26-13-15(23)12-14-6-2-1-3-7-14/h1-9,15H,10-13H2,(H,22,24). The Hall–Kier alpha value is -2.99. The van der Waals surface area contributed by atoms with Gasteiger partial charge in [0.2, 0.25) is 0 Å². The highest BCUT2D eigenvalue weighted by Crippen LogP contribution is 2.16. The number of fused-ring (bicyclic) bond motifs is 1. The Morgan fingerprint density at radius 2 is 1.92 bits per heavy atom. The van der Waals surface area contributed by atoms with Crippen LogP contribution in [0.2, 0.25) is 0 Å². The molecule has 1 aliphatic rings. The zero-order valence-corrected chi connectivity index (χ0v) is 14.2. The molecule has 0 radical (unpaired) electrons. The highest BCUT2D eigenvalue weighted by atomic mass is 16.5. The molecular weight excluding hydrogens is 330 g/mol. The van der Waals surface area contributed by atoms with Gasteiger partial charge in [0.05, 0.1) is 30.3 Å². The number of rotatable bonds is 3. The third-order valence-electron chi connectivity index (χ3n) is 4.60. The van der Waals surface area contributed by atoms with Gasteiger partial charge in [-0.15, -0.1) is 0 Å². The van der Waals surface area contributed by atoms with E-state index in [0.29, 0.717) is 37.2 Å². The van der Waals surface area contributed by atoms with E-state index in [9.17, 15) is 9.59 Å². The summed E-state index contributed by atoms with van der Waals surface area (Å²) in [4.78, 5) is 34.2. The van der Waals surface area contributed by atoms with Gasteiger partial charge >= 0.3 is 0 Å². The summed E-state index contributed by atoms with van der Waals surface area (Å²) in [6, 6.07) is 17.0. The van der Waals surface area contributed by atoms with Crippen LogP contribution in [0.25, 0.3) is 11.0 Å². The molecule has 1 aromatic heterocycles. The van der Waals surface area contributed by atoms with Crippen molar-refractivity contribution in [2.24, 2.45) is 0 Å². The number of H-pyrrole nitrogens is 1. The van der Waals surface area contributed by atoms with Crippen molar-refractivity contribution in [2.75, 3.05) is 19.8 Å². The smallest absolute Gasteiger partial charge is 0.280 e. The Labute approximate surface area is 150 Å². The summed E-state index contributed by atoms with van der Waals surface area (Å²) in [6.07, 6.45) is 0.679. The van der Waals surface area contributed by atoms with Gasteiger partial charge in [-0.25, -0.2) is 4.98 Å². The van der Waals surface area contributed by atoms with Crippen LogP contribution in [0, 0.1) is 0 Å². The number of amides is 1. The largest absolute Gasteiger partial charge is 0.377 e. The number of carbonyl (C=O) groups excluding carboxylic acids is 1. The number of carbonyl (C=O) groups is 1. The van der Waals surface area contributed by atoms with E-state index in [-0.39, 0.29) is 17.6 Å². The molecule has 1 unspecified atom stereocenters. The van der Waals surface area contributed by atoms with Crippen LogP contribution in [0.15, 0.2) is 59.4 Å². The van der Waals surface area contributed by atoms with E-state index in [1.54, 1.807) is 17.0 Å². The van der Waals surface area contributed by atoms with Crippen LogP contribution in [0.3, 0.4) is 0 Å². The van der Waals surface area contributed by atoms with E-state index in [1.165, 1.54) is 0 Å². The van der Waals surface area contributed by atoms with Crippen LogP contribution in [-0.2, 0) is 11.2 Å². The number of morpholine rings is 1. The van der Waals surface area contributed by atoms with E-state index in [2.05, 4.69) is 9.97 Å². The van der Waals surface area contributed by atoms with Gasteiger partial charge in [0.25, 0.3) is 11.5 Å². The fraction of sp³-hybridized carbons (Fsp3) is 0.250. The predicted octanol–water partition coefficient (Wildman–Crippen LogP) is 2.01. The van der Waals surface area contributed by atoms with E-state index in [1.807, 2.05) is 42.5 Å². The Morgan fingerprint density at radius 3 is 2.77 bits per heavy atom. The number of benzene rings is 2. The summed E-state index contributed by atoms with van der Waals surface area (Å²) in [6.45, 7) is 1.36. The molecule has 1 N–H and O–H groups in total. The lowest BCUT2D eigenvalue weighted by Crippen LogP contribution is -2.51. The molecule has 1 saturated heterocycles. The van der Waals surface area contributed by atoms with Gasteiger partial charge in [0.1, 0.15) is 0 Å². The molecule has 3 aromatic rings. The summed E-state index contributed by atoms with van der Waals surface area (Å²) in [5.74, 6) is -0.346. The zero-order chi connectivity index (χ0) is 17.9. The van der Waals surface area contributed by atoms with Crippen LogP contribution in [0.1, 0.15) is 16.1 Å². The Bertz CT molecular complexity index is 984. The fourth-order valence-electron chi connectivity index (χ4n) is 3.29. The molecule has 1 fully saturated rings. The first-order valence-corrected chi connectivity index (χ1v) is 8.64. The van der Waals surface area contributed by atoms with Crippen molar-refractivity contribution in [2.45, 2.75) is 12.5 Å². The number of aromatic nitrogens is 2. The van der Waals surface area contributed by atoms with Crippen molar-refractivity contribution >= 4 is 16.9 Å². The summed E-state index contributed by atoms with van der Waals surface area (Å²) >= 11 is 0. The average Bonchev–Trinajstić information content (AvgIpc) is 2.68. The number of hydrogen-bond acceptors (Lipinski definition) is 4. The summed E-state index contributed by atoms with van der Waals surface area (Å²) in [7, 11) is 0. The highest BCUT2D eigenvalue weighted by molar-refractivity contribution is 5.94. The van der Waals surface area contributed by atoms with Gasteiger partial charge in [-0.05, 0) is 24.1 Å². The summed E-state index contributed by atoms with van der Waals surface area (Å²) in [5.41, 5.74) is 1.82. The molecule has 1 atom stereocenters. The van der Waals surface area contributed by atoms with Crippen LogP contribution < -0.4 is 5.56 Å². The Morgan fingerprint density at radius 1 is 1.15 bits per heavy atom. The molecule has 1 aliphatic heterocycles. The van der Waals surface area contributed by atoms with Gasteiger partial charge in [0.15, 0.2) is 5.69 Å². The Balaban J connectivity index is 1.65. The van der Waals surface area contributed by atoms with E-state index < -0.39 is 5.56 Å². The first kappa shape index (κ1) is 16.5. The molecule has 2 heterocycles. The van der Waals surface area contributed by atoms with E-state index in [4.69, 9.17) is 4.74 Å². The molecule has 26 heavy (non-hydrogen) atoms. The average molecular weight is 349 g/mol. The fourth-order valence-corrected chi connectivity index (χ4v) is 3.29. The Kier molecular flexibility index (Phi) is 4.50. The lowest BCUT2D eigenvalue weighted by atomic mass is 10.0. The molecule has 0 saturated carbocycles. The highest BCUT2D eigenvalue weighted by Gasteiger charge is 2.30. The molecule has 6 nitrogen and oxygen atoms in total. The predicted molar refractivity (Wildman–Crippen MR) is 98.2 cm³/mol. The normalized spacial score (nSPS) is 17.4. The molecule has 4 rings (SSSR count). The molecule has 0 spiro atoms. The zero-order valence-electron chi connectivity index (χ0n) is 14.2. The minimum Gasteiger partial charge on any atom is -0.377 e. The van der Waals surface area contributed by atoms with Crippen LogP contribution in [0.4, 0.5) is 0 Å². The second kappa shape index (κ2) is 7.09. The minimum atomic E-state index is -0.460. The maximum absolute atomic E-state index is 13.1. The summed E-state index contributed by atoms with van der Waals surface area (Å²) in [5, 5.41) is 0. The molecular formula is C20H19N3O3. The van der Waals surface area contributed by atoms with Crippen molar-refractivity contribution in [3.05, 3.63) is 76.2 Å². The second-order valence-electron chi connectivity index (χ2n) is 6.35. The van der Waals surface area contributed by atoms with E-state index >= 15 is 0 Å². The number of ether oxygens (including phenoxy) is 1. The van der Waals surface area contributed by atoms with Crippen LogP contribution >= 0.6 is 0 Å². The van der Waals surface area contributed by atoms with E-state index in [0.717, 1.165) is 5.56 Å². The molecule has 2 aromatic carbocycles. The minimum absolute atomic E-state index is 0.0661. The number of para-hydroxylation sites is 2. The van der Waals surface area contributed by atoms with Crippen LogP contribution in [0.5, 0.6) is 0 Å². The summed E-state index contributed by atoms with van der Waals surface area (Å²) < 4.78 is 5.57. The SMILES string of the molecule is O=C(c1nc2ccccc2[nH]c1=O)N1CCOCC1Cc1ccccc1. The third kappa shape index (κ3) is 3.23. The molecule has 6 heteroatoms. The quantitative estimate of drug-likeness (QED) is 0.785. The second-order valence-corrected chi connectivity index (χ2v) is 6.35. The monoisotopic (exact) mass is 349 g/mol. The maximum atomic E-state index is 13.1. The van der Waals surface area contributed by atoms with Crippen molar-refractivity contribution in [3.63, 3.8) is 0 Å². The first-order chi connectivity index (χ1) is 12.7. The first-order valence-electron chi connectivity index (χ1n) is 8.64. The number of aromatic amines is 1. The molecule has 132 valence electrons. The van der Waals surface area contributed by atoms with Gasteiger partial charge in [-0.1, -0.05) is 42.5 Å². The van der Waals surface area contributed by atoms with Crippen molar-refractivity contribution in [1.29, 1.82) is 0 Å². The van der Waals surface area contributed by atoms with Crippen molar-refractivity contribution < 1.29 is 9.53 Å². The van der Waals surface area contributed by atoms with Gasteiger partial charge < -0.3 is 14.6 Å². The van der Waals surface area contributed by atoms with Crippen molar-refractivity contribution in [3.8, 4) is 0 Å². The number of hydrogen-bond donors (Lipinski definition) is 1. The molecule has 0 aliphatic carbocycles. The van der Waals surface area contributed by atoms with Crippen molar-refractivity contribution in [1.82, 2.24) is 14.9 Å². The number of nitrogens with zero attached hydrogens (tertiary/aromatic N) is 2. The third-order valence-corrected chi connectivity index (χ3v) is 4.60. The van der Waals surface area contributed by atoms with Gasteiger partial charge in [0, 0.05) is 6.54 Å².